The van der Waals surface area contributed by atoms with Crippen molar-refractivity contribution < 1.29 is 9.13 Å². The molecule has 3 N–H and O–H groups in total. The van der Waals surface area contributed by atoms with Gasteiger partial charge in [0.1, 0.15) is 12.4 Å². The second-order valence-electron chi connectivity index (χ2n) is 7.58. The Morgan fingerprint density at radius 3 is 2.84 bits per heavy atom. The summed E-state index contributed by atoms with van der Waals surface area (Å²) in [4.78, 5) is 11.3. The number of nitrogens with one attached hydrogen (secondary N) is 1. The molecule has 0 saturated carbocycles. The molecule has 6 heteroatoms. The molecule has 5 aromatic rings. The van der Waals surface area contributed by atoms with Gasteiger partial charge in [-0.2, -0.15) is 4.39 Å². The monoisotopic (exact) mass is 412 g/mol. The number of aromatic nitrogens is 3. The Balaban J connectivity index is 1.29. The summed E-state index contributed by atoms with van der Waals surface area (Å²) >= 11 is 0. The zero-order valence-corrected chi connectivity index (χ0v) is 16.8. The number of fused-ring (bicyclic) bond motifs is 2. The highest BCUT2D eigenvalue weighted by molar-refractivity contribution is 5.87. The van der Waals surface area contributed by atoms with Crippen LogP contribution in [0.1, 0.15) is 5.56 Å². The Morgan fingerprint density at radius 1 is 1.00 bits per heavy atom. The number of para-hydroxylation sites is 1. The molecule has 3 aromatic heterocycles. The van der Waals surface area contributed by atoms with Crippen molar-refractivity contribution in [2.75, 3.05) is 6.61 Å². The average Bonchev–Trinajstić information content (AvgIpc) is 3.21. The zero-order chi connectivity index (χ0) is 21.2. The number of H-pyrrole nitrogens is 1. The number of benzene rings is 2. The van der Waals surface area contributed by atoms with Gasteiger partial charge in [-0.3, -0.25) is 4.98 Å². The van der Waals surface area contributed by atoms with Gasteiger partial charge in [0.2, 0.25) is 5.95 Å². The third kappa shape index (κ3) is 3.98. The van der Waals surface area contributed by atoms with Crippen LogP contribution in [-0.4, -0.2) is 27.6 Å². The molecule has 0 radical (unpaired) electrons. The van der Waals surface area contributed by atoms with Gasteiger partial charge in [0.25, 0.3) is 0 Å². The highest BCUT2D eigenvalue weighted by Crippen LogP contribution is 2.27. The number of nitrogens with two attached hydrogens (primary N) is 1. The van der Waals surface area contributed by atoms with Crippen molar-refractivity contribution in [1.29, 1.82) is 0 Å². The first kappa shape index (κ1) is 19.2. The molecule has 5 nitrogen and oxygen atoms in total. The second kappa shape index (κ2) is 8.16. The van der Waals surface area contributed by atoms with E-state index in [4.69, 9.17) is 10.5 Å². The van der Waals surface area contributed by atoms with Crippen LogP contribution in [0.15, 0.2) is 79.4 Å². The third-order valence-corrected chi connectivity index (χ3v) is 5.38. The highest BCUT2D eigenvalue weighted by atomic mass is 19.1. The summed E-state index contributed by atoms with van der Waals surface area (Å²) in [7, 11) is 0. The molecule has 0 unspecified atom stereocenters. The van der Waals surface area contributed by atoms with Crippen molar-refractivity contribution in [3.8, 4) is 16.9 Å². The van der Waals surface area contributed by atoms with E-state index >= 15 is 0 Å². The lowest BCUT2D eigenvalue weighted by Gasteiger charge is -2.13. The molecular formula is C25H21FN4O. The maximum atomic E-state index is 13.8. The van der Waals surface area contributed by atoms with Gasteiger partial charge in [0.05, 0.1) is 6.20 Å². The number of pyridine rings is 2. The summed E-state index contributed by atoms with van der Waals surface area (Å²) in [5.74, 6) is 0.177. The van der Waals surface area contributed by atoms with E-state index in [1.54, 1.807) is 24.5 Å². The van der Waals surface area contributed by atoms with Crippen LogP contribution in [-0.2, 0) is 6.42 Å². The number of rotatable bonds is 6. The van der Waals surface area contributed by atoms with Crippen LogP contribution in [0, 0.1) is 5.95 Å². The predicted octanol–water partition coefficient (Wildman–Crippen LogP) is 4.87. The molecule has 0 amide bonds. The van der Waals surface area contributed by atoms with E-state index in [1.165, 1.54) is 17.1 Å². The number of ether oxygens (including phenoxy) is 1. The van der Waals surface area contributed by atoms with E-state index in [0.717, 1.165) is 22.0 Å². The van der Waals surface area contributed by atoms with E-state index in [2.05, 4.69) is 27.1 Å². The van der Waals surface area contributed by atoms with Crippen molar-refractivity contribution in [3.63, 3.8) is 0 Å². The fourth-order valence-corrected chi connectivity index (χ4v) is 3.82. The van der Waals surface area contributed by atoms with Crippen LogP contribution in [0.3, 0.4) is 0 Å². The van der Waals surface area contributed by atoms with Crippen LogP contribution < -0.4 is 10.5 Å². The Kier molecular flexibility index (Phi) is 5.06. The first-order valence-electron chi connectivity index (χ1n) is 10.1. The topological polar surface area (TPSA) is 76.8 Å². The van der Waals surface area contributed by atoms with Gasteiger partial charge >= 0.3 is 0 Å². The minimum absolute atomic E-state index is 0.154. The number of hydrogen-bond acceptors (Lipinski definition) is 4. The van der Waals surface area contributed by atoms with Gasteiger partial charge in [-0.05, 0) is 53.3 Å². The number of halogens is 1. The van der Waals surface area contributed by atoms with E-state index in [1.807, 2.05) is 36.5 Å². The summed E-state index contributed by atoms with van der Waals surface area (Å²) < 4.78 is 19.8. The quantitative estimate of drug-likeness (QED) is 0.390. The Labute approximate surface area is 178 Å². The molecule has 5 rings (SSSR count). The second-order valence-corrected chi connectivity index (χ2v) is 7.58. The van der Waals surface area contributed by atoms with Crippen molar-refractivity contribution in [2.45, 2.75) is 12.5 Å². The lowest BCUT2D eigenvalue weighted by atomic mass is 10.0. The largest absolute Gasteiger partial charge is 0.490 e. The average molecular weight is 412 g/mol. The minimum Gasteiger partial charge on any atom is -0.490 e. The molecular weight excluding hydrogens is 391 g/mol. The standard InChI is InChI=1S/C25H21FN4O/c26-25-23-6-5-16(9-17(23)7-8-29-25)18-11-21(14-28-12-18)31-15-20(27)10-19-13-30-24-4-2-1-3-22(19)24/h1-9,11-14,20,30H,10,15,27H2/t20-/m0/s1. The molecule has 0 bridgehead atoms. The first-order chi connectivity index (χ1) is 15.2. The Morgan fingerprint density at radius 2 is 1.90 bits per heavy atom. The Hall–Kier alpha value is -3.77. The van der Waals surface area contributed by atoms with Crippen LogP contribution >= 0.6 is 0 Å². The van der Waals surface area contributed by atoms with E-state index in [9.17, 15) is 4.39 Å². The van der Waals surface area contributed by atoms with Crippen LogP contribution in [0.5, 0.6) is 5.75 Å². The molecule has 1 atom stereocenters. The van der Waals surface area contributed by atoms with Crippen molar-refractivity contribution >= 4 is 21.7 Å². The van der Waals surface area contributed by atoms with Gasteiger partial charge in [0.15, 0.2) is 0 Å². The van der Waals surface area contributed by atoms with Gasteiger partial charge in [-0.15, -0.1) is 0 Å². The highest BCUT2D eigenvalue weighted by Gasteiger charge is 2.11. The summed E-state index contributed by atoms with van der Waals surface area (Å²) in [6.45, 7) is 0.374. The number of nitrogens with zero attached hydrogens (tertiary/aromatic N) is 2. The molecule has 0 fully saturated rings. The van der Waals surface area contributed by atoms with Crippen molar-refractivity contribution in [2.24, 2.45) is 5.73 Å². The van der Waals surface area contributed by atoms with Crippen LogP contribution in [0.25, 0.3) is 32.8 Å². The fraction of sp³-hybridized carbons (Fsp3) is 0.120. The smallest absolute Gasteiger partial charge is 0.220 e. The van der Waals surface area contributed by atoms with Gasteiger partial charge in [-0.25, -0.2) is 4.98 Å². The Bertz CT molecular complexity index is 1360. The lowest BCUT2D eigenvalue weighted by Crippen LogP contribution is -2.30. The predicted molar refractivity (Wildman–Crippen MR) is 120 cm³/mol. The summed E-state index contributed by atoms with van der Waals surface area (Å²) in [5.41, 5.74) is 10.4. The summed E-state index contributed by atoms with van der Waals surface area (Å²) in [6.07, 6.45) is 7.62. The molecule has 3 heterocycles. The van der Waals surface area contributed by atoms with E-state index in [-0.39, 0.29) is 6.04 Å². The molecule has 0 aliphatic rings. The van der Waals surface area contributed by atoms with E-state index < -0.39 is 5.95 Å². The lowest BCUT2D eigenvalue weighted by molar-refractivity contribution is 0.287. The normalized spacial score (nSPS) is 12.3. The fourth-order valence-electron chi connectivity index (χ4n) is 3.82. The van der Waals surface area contributed by atoms with Gasteiger partial charge in [-0.1, -0.05) is 24.3 Å². The zero-order valence-electron chi connectivity index (χ0n) is 16.8. The van der Waals surface area contributed by atoms with Gasteiger partial charge < -0.3 is 15.5 Å². The number of hydrogen-bond donors (Lipinski definition) is 2. The molecule has 31 heavy (non-hydrogen) atoms. The summed E-state index contributed by atoms with van der Waals surface area (Å²) in [5, 5.41) is 2.47. The van der Waals surface area contributed by atoms with Crippen LogP contribution in [0.2, 0.25) is 0 Å². The van der Waals surface area contributed by atoms with E-state index in [0.29, 0.717) is 24.2 Å². The maximum absolute atomic E-state index is 13.8. The third-order valence-electron chi connectivity index (χ3n) is 5.38. The molecule has 0 spiro atoms. The number of aromatic amines is 1. The van der Waals surface area contributed by atoms with Crippen molar-refractivity contribution in [3.05, 3.63) is 90.9 Å². The molecule has 2 aromatic carbocycles. The van der Waals surface area contributed by atoms with Gasteiger partial charge in [0, 0.05) is 46.5 Å². The SMILES string of the molecule is N[C@H](COc1cncc(-c2ccc3c(F)nccc3c2)c1)Cc1c[nH]c2ccccc12. The summed E-state index contributed by atoms with van der Waals surface area (Å²) in [6, 6.07) is 17.2. The van der Waals surface area contributed by atoms with Crippen molar-refractivity contribution in [1.82, 2.24) is 15.0 Å². The molecule has 0 aliphatic heterocycles. The van der Waals surface area contributed by atoms with Crippen LogP contribution in [0.4, 0.5) is 4.39 Å². The molecule has 0 saturated heterocycles. The maximum Gasteiger partial charge on any atom is 0.220 e. The minimum atomic E-state index is -0.469. The molecule has 0 aliphatic carbocycles. The molecule has 154 valence electrons. The first-order valence-corrected chi connectivity index (χ1v) is 10.1.